The number of ketones is 1. The number of carbonyl (C=O) groups excluding carboxylic acids is 1. The molecular weight excluding hydrogens is 364 g/mol. The monoisotopic (exact) mass is 386 g/mol. The van der Waals surface area contributed by atoms with Gasteiger partial charge in [0, 0.05) is 29.1 Å². The molecule has 142 valence electrons. The smallest absolute Gasteiger partial charge is 0.256 e. The molecule has 7 nitrogen and oxygen atoms in total. The predicted molar refractivity (Wildman–Crippen MR) is 104 cm³/mol. The lowest BCUT2D eigenvalue weighted by Gasteiger charge is -2.12. The zero-order chi connectivity index (χ0) is 19.4. The van der Waals surface area contributed by atoms with Gasteiger partial charge >= 0.3 is 0 Å². The molecule has 3 rings (SSSR count). The highest BCUT2D eigenvalue weighted by molar-refractivity contribution is 7.99. The number of ether oxygens (including phenoxy) is 1. The van der Waals surface area contributed by atoms with E-state index in [0.717, 1.165) is 11.4 Å². The Hall–Kier alpha value is -2.45. The van der Waals surface area contributed by atoms with Crippen molar-refractivity contribution < 1.29 is 14.6 Å². The average molecular weight is 386 g/mol. The standard InChI is InChI=1S/C19H22N4O3S/c1-4-17(25)14-5-7-16(8-6-14)26-10-15(24)11-27-19-22-21-18-20-12(2)9-13(3)23(18)19/h5-9,15,24H,4,10-11H2,1-3H3/t15-/m0/s1. The van der Waals surface area contributed by atoms with Crippen molar-refractivity contribution in [1.82, 2.24) is 19.6 Å². The summed E-state index contributed by atoms with van der Waals surface area (Å²) >= 11 is 1.40. The minimum atomic E-state index is -0.669. The minimum Gasteiger partial charge on any atom is -0.491 e. The van der Waals surface area contributed by atoms with Gasteiger partial charge < -0.3 is 9.84 Å². The van der Waals surface area contributed by atoms with Crippen molar-refractivity contribution in [1.29, 1.82) is 0 Å². The summed E-state index contributed by atoms with van der Waals surface area (Å²) in [5.41, 5.74) is 2.56. The molecular formula is C19H22N4O3S. The molecule has 0 fully saturated rings. The van der Waals surface area contributed by atoms with Gasteiger partial charge in [-0.3, -0.25) is 9.20 Å². The SMILES string of the molecule is CCC(=O)c1ccc(OC[C@H](O)CSc2nnc3nc(C)cc(C)n23)cc1. The number of hydrogen-bond acceptors (Lipinski definition) is 7. The molecule has 0 amide bonds. The first-order chi connectivity index (χ1) is 13.0. The summed E-state index contributed by atoms with van der Waals surface area (Å²) in [6.07, 6.45) is -0.194. The Morgan fingerprint density at radius 1 is 1.26 bits per heavy atom. The molecule has 1 N–H and O–H groups in total. The molecule has 1 aromatic carbocycles. The van der Waals surface area contributed by atoms with Crippen LogP contribution in [0.25, 0.3) is 5.78 Å². The lowest BCUT2D eigenvalue weighted by molar-refractivity contribution is 0.0987. The number of aryl methyl sites for hydroxylation is 2. The number of rotatable bonds is 8. The van der Waals surface area contributed by atoms with Crippen LogP contribution in [0.4, 0.5) is 0 Å². The maximum Gasteiger partial charge on any atom is 0.256 e. The first-order valence-corrected chi connectivity index (χ1v) is 9.72. The zero-order valence-electron chi connectivity index (χ0n) is 15.5. The van der Waals surface area contributed by atoms with E-state index in [1.165, 1.54) is 11.8 Å². The fraction of sp³-hybridized carbons (Fsp3) is 0.368. The number of carbonyl (C=O) groups is 1. The summed E-state index contributed by atoms with van der Waals surface area (Å²) in [4.78, 5) is 16.0. The lowest BCUT2D eigenvalue weighted by atomic mass is 10.1. The first kappa shape index (κ1) is 19.3. The molecule has 0 unspecified atom stereocenters. The molecule has 0 bridgehead atoms. The Morgan fingerprint density at radius 2 is 2.00 bits per heavy atom. The predicted octanol–water partition coefficient (Wildman–Crippen LogP) is 2.87. The largest absolute Gasteiger partial charge is 0.491 e. The zero-order valence-corrected chi connectivity index (χ0v) is 16.4. The van der Waals surface area contributed by atoms with Crippen LogP contribution in [0.15, 0.2) is 35.5 Å². The Balaban J connectivity index is 1.54. The van der Waals surface area contributed by atoms with E-state index in [9.17, 15) is 9.90 Å². The number of aliphatic hydroxyl groups excluding tert-OH is 1. The molecule has 2 heterocycles. The third kappa shape index (κ3) is 4.64. The van der Waals surface area contributed by atoms with Crippen molar-refractivity contribution in [2.75, 3.05) is 12.4 Å². The van der Waals surface area contributed by atoms with E-state index >= 15 is 0 Å². The van der Waals surface area contributed by atoms with Crippen molar-refractivity contribution in [3.8, 4) is 5.75 Å². The Labute approximate surface area is 161 Å². The second kappa shape index (κ2) is 8.49. The highest BCUT2D eigenvalue weighted by atomic mass is 32.2. The third-order valence-electron chi connectivity index (χ3n) is 4.01. The molecule has 0 saturated carbocycles. The summed E-state index contributed by atoms with van der Waals surface area (Å²) in [6.45, 7) is 5.88. The average Bonchev–Trinajstić information content (AvgIpc) is 3.07. The molecule has 27 heavy (non-hydrogen) atoms. The summed E-state index contributed by atoms with van der Waals surface area (Å²) < 4.78 is 7.47. The van der Waals surface area contributed by atoms with E-state index in [1.54, 1.807) is 24.3 Å². The van der Waals surface area contributed by atoms with Gasteiger partial charge in [-0.25, -0.2) is 4.98 Å². The van der Waals surface area contributed by atoms with Gasteiger partial charge in [-0.05, 0) is 44.2 Å². The van der Waals surface area contributed by atoms with Crippen LogP contribution < -0.4 is 4.74 Å². The van der Waals surface area contributed by atoms with Crippen molar-refractivity contribution in [3.63, 3.8) is 0 Å². The van der Waals surface area contributed by atoms with Crippen LogP contribution in [-0.2, 0) is 0 Å². The van der Waals surface area contributed by atoms with Gasteiger partial charge in [0.1, 0.15) is 12.4 Å². The maximum atomic E-state index is 11.6. The fourth-order valence-corrected chi connectivity index (χ4v) is 3.54. The highest BCUT2D eigenvalue weighted by Crippen LogP contribution is 2.20. The van der Waals surface area contributed by atoms with Crippen molar-refractivity contribution >= 4 is 23.3 Å². The molecule has 0 saturated heterocycles. The molecule has 8 heteroatoms. The Morgan fingerprint density at radius 3 is 2.70 bits per heavy atom. The van der Waals surface area contributed by atoms with Crippen molar-refractivity contribution in [2.24, 2.45) is 0 Å². The summed E-state index contributed by atoms with van der Waals surface area (Å²) in [6, 6.07) is 8.93. The van der Waals surface area contributed by atoms with Crippen LogP contribution in [0, 0.1) is 13.8 Å². The van der Waals surface area contributed by atoms with Gasteiger partial charge in [-0.2, -0.15) is 0 Å². The normalized spacial score (nSPS) is 12.3. The molecule has 0 spiro atoms. The topological polar surface area (TPSA) is 89.6 Å². The van der Waals surface area contributed by atoms with E-state index in [0.29, 0.717) is 34.4 Å². The number of fused-ring (bicyclic) bond motifs is 1. The van der Waals surface area contributed by atoms with E-state index in [-0.39, 0.29) is 12.4 Å². The Kier molecular flexibility index (Phi) is 6.08. The van der Waals surface area contributed by atoms with Gasteiger partial charge in [0.05, 0.1) is 6.10 Å². The van der Waals surface area contributed by atoms with E-state index in [4.69, 9.17) is 4.74 Å². The van der Waals surface area contributed by atoms with Crippen LogP contribution in [0.2, 0.25) is 0 Å². The fourth-order valence-electron chi connectivity index (χ4n) is 2.65. The molecule has 1 atom stereocenters. The van der Waals surface area contributed by atoms with Crippen molar-refractivity contribution in [2.45, 2.75) is 38.5 Å². The van der Waals surface area contributed by atoms with Gasteiger partial charge in [0.15, 0.2) is 10.9 Å². The van der Waals surface area contributed by atoms with Crippen LogP contribution in [-0.4, -0.2) is 48.9 Å². The van der Waals surface area contributed by atoms with Gasteiger partial charge in [0.25, 0.3) is 5.78 Å². The van der Waals surface area contributed by atoms with Crippen LogP contribution in [0.5, 0.6) is 5.75 Å². The second-order valence-corrected chi connectivity index (χ2v) is 7.22. The molecule has 0 aliphatic heterocycles. The quantitative estimate of drug-likeness (QED) is 0.470. The second-order valence-electron chi connectivity index (χ2n) is 6.23. The molecule has 0 aliphatic carbocycles. The number of aliphatic hydroxyl groups is 1. The molecule has 0 radical (unpaired) electrons. The summed E-state index contributed by atoms with van der Waals surface area (Å²) in [5, 5.41) is 19.1. The first-order valence-electron chi connectivity index (χ1n) is 8.74. The molecule has 2 aromatic heterocycles. The number of benzene rings is 1. The maximum absolute atomic E-state index is 11.6. The van der Waals surface area contributed by atoms with Gasteiger partial charge in [0.2, 0.25) is 0 Å². The van der Waals surface area contributed by atoms with Crippen LogP contribution >= 0.6 is 11.8 Å². The van der Waals surface area contributed by atoms with Crippen molar-refractivity contribution in [3.05, 3.63) is 47.3 Å². The van der Waals surface area contributed by atoms with Gasteiger partial charge in [-0.1, -0.05) is 18.7 Å². The summed E-state index contributed by atoms with van der Waals surface area (Å²) in [7, 11) is 0. The van der Waals surface area contributed by atoms with E-state index in [1.807, 2.05) is 31.2 Å². The lowest BCUT2D eigenvalue weighted by Crippen LogP contribution is -2.20. The van der Waals surface area contributed by atoms with Gasteiger partial charge in [-0.15, -0.1) is 10.2 Å². The van der Waals surface area contributed by atoms with E-state index < -0.39 is 6.10 Å². The molecule has 3 aromatic rings. The minimum absolute atomic E-state index is 0.0958. The molecule has 0 aliphatic rings. The summed E-state index contributed by atoms with van der Waals surface area (Å²) in [5.74, 6) is 1.69. The number of thioether (sulfide) groups is 1. The van der Waals surface area contributed by atoms with E-state index in [2.05, 4.69) is 15.2 Å². The number of nitrogens with zero attached hydrogens (tertiary/aromatic N) is 4. The Bertz CT molecular complexity index is 940. The highest BCUT2D eigenvalue weighted by Gasteiger charge is 2.13. The number of hydrogen-bond donors (Lipinski definition) is 1. The van der Waals surface area contributed by atoms with Crippen LogP contribution in [0.3, 0.4) is 0 Å². The number of Topliss-reactive ketones (excluding diaryl/α,β-unsaturated/α-hetero) is 1. The van der Waals surface area contributed by atoms with Crippen LogP contribution in [0.1, 0.15) is 35.1 Å². The number of aromatic nitrogens is 4. The third-order valence-corrected chi connectivity index (χ3v) is 5.08.